The predicted octanol–water partition coefficient (Wildman–Crippen LogP) is 3.79. The van der Waals surface area contributed by atoms with Crippen molar-refractivity contribution in [3.63, 3.8) is 0 Å². The molecule has 1 unspecified atom stereocenters. The standard InChI is InChI=1S/C21H24N4O/c26-21(25-11-9-15(13-25)18-8-10-22-24-18)14-6-7-20-17(12-14)16-4-2-1-3-5-19(16)23-20/h6-8,10,12,15,23H,1-5,9,11,13H2,(H,22,24). The van der Waals surface area contributed by atoms with Crippen LogP contribution in [0, 0.1) is 0 Å². The summed E-state index contributed by atoms with van der Waals surface area (Å²) in [5.74, 6) is 0.520. The highest BCUT2D eigenvalue weighted by Crippen LogP contribution is 2.31. The van der Waals surface area contributed by atoms with E-state index in [1.54, 1.807) is 6.20 Å². The molecule has 5 heteroatoms. The second kappa shape index (κ2) is 6.31. The zero-order valence-electron chi connectivity index (χ0n) is 14.9. The first-order chi connectivity index (χ1) is 12.8. The molecule has 5 nitrogen and oxygen atoms in total. The number of H-pyrrole nitrogens is 2. The molecular formula is C21H24N4O. The van der Waals surface area contributed by atoms with Crippen molar-refractivity contribution >= 4 is 16.8 Å². The van der Waals surface area contributed by atoms with E-state index >= 15 is 0 Å². The van der Waals surface area contributed by atoms with Gasteiger partial charge in [0, 0.05) is 53.1 Å². The minimum atomic E-state index is 0.150. The van der Waals surface area contributed by atoms with E-state index < -0.39 is 0 Å². The summed E-state index contributed by atoms with van der Waals surface area (Å²) in [6.45, 7) is 1.58. The first-order valence-corrected chi connectivity index (χ1v) is 9.71. The zero-order valence-corrected chi connectivity index (χ0v) is 14.9. The van der Waals surface area contributed by atoms with Crippen LogP contribution in [0.5, 0.6) is 0 Å². The summed E-state index contributed by atoms with van der Waals surface area (Å²) in [5, 5.41) is 8.33. The Bertz CT molecular complexity index is 940. The van der Waals surface area contributed by atoms with Crippen LogP contribution in [0.25, 0.3) is 10.9 Å². The van der Waals surface area contributed by atoms with Crippen molar-refractivity contribution in [2.75, 3.05) is 13.1 Å². The number of nitrogens with zero attached hydrogens (tertiary/aromatic N) is 2. The van der Waals surface area contributed by atoms with Gasteiger partial charge >= 0.3 is 0 Å². The number of likely N-dealkylation sites (tertiary alicyclic amines) is 1. The Labute approximate surface area is 152 Å². The molecule has 0 saturated carbocycles. The number of aromatic amines is 2. The molecule has 3 heterocycles. The van der Waals surface area contributed by atoms with Crippen LogP contribution in [0.3, 0.4) is 0 Å². The Morgan fingerprint density at radius 3 is 2.96 bits per heavy atom. The number of carbonyl (C=O) groups excluding carboxylic acids is 1. The van der Waals surface area contributed by atoms with Crippen LogP contribution in [0.2, 0.25) is 0 Å². The van der Waals surface area contributed by atoms with Crippen molar-refractivity contribution in [3.05, 3.63) is 53.0 Å². The average molecular weight is 348 g/mol. The third-order valence-electron chi connectivity index (χ3n) is 6.03. The van der Waals surface area contributed by atoms with Gasteiger partial charge in [0.25, 0.3) is 5.91 Å². The van der Waals surface area contributed by atoms with Gasteiger partial charge in [0.1, 0.15) is 0 Å². The number of amides is 1. The lowest BCUT2D eigenvalue weighted by Crippen LogP contribution is -2.28. The van der Waals surface area contributed by atoms with Crippen molar-refractivity contribution in [1.29, 1.82) is 0 Å². The first-order valence-electron chi connectivity index (χ1n) is 9.71. The molecule has 1 atom stereocenters. The van der Waals surface area contributed by atoms with Crippen LogP contribution in [-0.4, -0.2) is 39.1 Å². The number of benzene rings is 1. The van der Waals surface area contributed by atoms with Crippen molar-refractivity contribution in [3.8, 4) is 0 Å². The SMILES string of the molecule is O=C(c1ccc2[nH]c3c(c2c1)CCCCC3)N1CCC(c2ccn[nH]2)C1. The van der Waals surface area contributed by atoms with Crippen molar-refractivity contribution in [2.45, 2.75) is 44.4 Å². The Morgan fingerprint density at radius 2 is 2.08 bits per heavy atom. The minimum absolute atomic E-state index is 0.150. The minimum Gasteiger partial charge on any atom is -0.358 e. The summed E-state index contributed by atoms with van der Waals surface area (Å²) in [4.78, 5) is 18.6. The summed E-state index contributed by atoms with van der Waals surface area (Å²) in [5.41, 5.74) is 5.93. The first kappa shape index (κ1) is 15.7. The molecule has 0 radical (unpaired) electrons. The van der Waals surface area contributed by atoms with E-state index in [2.05, 4.69) is 27.3 Å². The maximum absolute atomic E-state index is 13.1. The average Bonchev–Trinajstić information content (AvgIpc) is 3.38. The molecule has 2 N–H and O–H groups in total. The van der Waals surface area contributed by atoms with Gasteiger partial charge in [0.05, 0.1) is 0 Å². The Hall–Kier alpha value is -2.56. The maximum Gasteiger partial charge on any atom is 0.253 e. The van der Waals surface area contributed by atoms with Crippen LogP contribution in [0.1, 0.15) is 58.9 Å². The lowest BCUT2D eigenvalue weighted by molar-refractivity contribution is 0.0791. The smallest absolute Gasteiger partial charge is 0.253 e. The summed E-state index contributed by atoms with van der Waals surface area (Å²) in [6, 6.07) is 8.19. The number of aryl methyl sites for hydroxylation is 2. The van der Waals surface area contributed by atoms with E-state index in [4.69, 9.17) is 0 Å². The number of aromatic nitrogens is 3. The van der Waals surface area contributed by atoms with E-state index in [9.17, 15) is 4.79 Å². The number of nitrogens with one attached hydrogen (secondary N) is 2. The summed E-state index contributed by atoms with van der Waals surface area (Å²) < 4.78 is 0. The van der Waals surface area contributed by atoms with Gasteiger partial charge in [-0.05, 0) is 61.9 Å². The molecule has 1 amide bonds. The topological polar surface area (TPSA) is 64.8 Å². The van der Waals surface area contributed by atoms with Crippen LogP contribution in [0.15, 0.2) is 30.5 Å². The molecule has 2 aliphatic rings. The molecule has 3 aromatic rings. The van der Waals surface area contributed by atoms with Crippen LogP contribution >= 0.6 is 0 Å². The number of hydrogen-bond donors (Lipinski definition) is 2. The van der Waals surface area contributed by atoms with Gasteiger partial charge in [0.2, 0.25) is 0 Å². The molecule has 1 aromatic carbocycles. The van der Waals surface area contributed by atoms with Gasteiger partial charge in [-0.25, -0.2) is 0 Å². The molecular weight excluding hydrogens is 324 g/mol. The second-order valence-electron chi connectivity index (χ2n) is 7.65. The van der Waals surface area contributed by atoms with E-state index in [1.165, 1.54) is 41.4 Å². The lowest BCUT2D eigenvalue weighted by atomic mass is 10.0. The zero-order chi connectivity index (χ0) is 17.5. The van der Waals surface area contributed by atoms with Gasteiger partial charge in [0.15, 0.2) is 0 Å². The molecule has 1 aliphatic carbocycles. The summed E-state index contributed by atoms with van der Waals surface area (Å²) in [7, 11) is 0. The lowest BCUT2D eigenvalue weighted by Gasteiger charge is -2.16. The second-order valence-corrected chi connectivity index (χ2v) is 7.65. The summed E-state index contributed by atoms with van der Waals surface area (Å²) >= 11 is 0. The Morgan fingerprint density at radius 1 is 1.15 bits per heavy atom. The van der Waals surface area contributed by atoms with Crippen molar-refractivity contribution < 1.29 is 4.79 Å². The Balaban J connectivity index is 1.42. The molecule has 5 rings (SSSR count). The number of fused-ring (bicyclic) bond motifs is 3. The fourth-order valence-corrected chi connectivity index (χ4v) is 4.59. The van der Waals surface area contributed by atoms with Gasteiger partial charge in [-0.2, -0.15) is 5.10 Å². The van der Waals surface area contributed by atoms with Crippen LogP contribution < -0.4 is 0 Å². The molecule has 1 saturated heterocycles. The van der Waals surface area contributed by atoms with Crippen LogP contribution in [-0.2, 0) is 12.8 Å². The summed E-state index contributed by atoms with van der Waals surface area (Å²) in [6.07, 6.45) is 8.83. The van der Waals surface area contributed by atoms with E-state index in [-0.39, 0.29) is 5.91 Å². The highest BCUT2D eigenvalue weighted by molar-refractivity contribution is 5.99. The molecule has 0 bridgehead atoms. The molecule has 26 heavy (non-hydrogen) atoms. The molecule has 134 valence electrons. The van der Waals surface area contributed by atoms with E-state index in [0.29, 0.717) is 5.92 Å². The molecule has 2 aromatic heterocycles. The van der Waals surface area contributed by atoms with Gasteiger partial charge in [-0.15, -0.1) is 0 Å². The maximum atomic E-state index is 13.1. The largest absolute Gasteiger partial charge is 0.358 e. The quantitative estimate of drug-likeness (QED) is 0.692. The molecule has 1 fully saturated rings. The highest BCUT2D eigenvalue weighted by Gasteiger charge is 2.29. The molecule has 1 aliphatic heterocycles. The third-order valence-corrected chi connectivity index (χ3v) is 6.03. The fourth-order valence-electron chi connectivity index (χ4n) is 4.59. The number of carbonyl (C=O) groups is 1. The third kappa shape index (κ3) is 2.62. The number of hydrogen-bond acceptors (Lipinski definition) is 2. The predicted molar refractivity (Wildman–Crippen MR) is 101 cm³/mol. The fraction of sp³-hybridized carbons (Fsp3) is 0.429. The van der Waals surface area contributed by atoms with Gasteiger partial charge < -0.3 is 9.88 Å². The van der Waals surface area contributed by atoms with Crippen molar-refractivity contribution in [1.82, 2.24) is 20.1 Å². The van der Waals surface area contributed by atoms with Gasteiger partial charge in [-0.1, -0.05) is 6.42 Å². The number of rotatable bonds is 2. The van der Waals surface area contributed by atoms with Crippen LogP contribution in [0.4, 0.5) is 0 Å². The molecule has 0 spiro atoms. The van der Waals surface area contributed by atoms with E-state index in [1.807, 2.05) is 17.0 Å². The monoisotopic (exact) mass is 348 g/mol. The van der Waals surface area contributed by atoms with E-state index in [0.717, 1.165) is 43.6 Å². The van der Waals surface area contributed by atoms with Crippen molar-refractivity contribution in [2.24, 2.45) is 0 Å². The normalized spacial score (nSPS) is 20.3. The Kier molecular flexibility index (Phi) is 3.80. The highest BCUT2D eigenvalue weighted by atomic mass is 16.2. The van der Waals surface area contributed by atoms with Gasteiger partial charge in [-0.3, -0.25) is 9.89 Å².